The molecule has 1 rings (SSSR count). The van der Waals surface area contributed by atoms with Gasteiger partial charge >= 0.3 is 5.97 Å². The summed E-state index contributed by atoms with van der Waals surface area (Å²) in [4.78, 5) is 39.1. The molecule has 0 unspecified atom stereocenters. The number of benzene rings is 1. The molecule has 7 heteroatoms. The Balaban J connectivity index is 2.50. The van der Waals surface area contributed by atoms with Crippen LogP contribution in [0.25, 0.3) is 0 Å². The maximum Gasteiger partial charge on any atom is 0.338 e. The number of rotatable bonds is 9. The molecule has 1 aromatic carbocycles. The van der Waals surface area contributed by atoms with Gasteiger partial charge in [-0.3, -0.25) is 14.5 Å². The molecular formula is C18H27N3O4. The summed E-state index contributed by atoms with van der Waals surface area (Å²) in [7, 11) is 1.73. The van der Waals surface area contributed by atoms with Crippen molar-refractivity contribution in [3.05, 3.63) is 29.8 Å². The molecule has 25 heavy (non-hydrogen) atoms. The average molecular weight is 349 g/mol. The van der Waals surface area contributed by atoms with Crippen molar-refractivity contribution in [2.24, 2.45) is 0 Å². The average Bonchev–Trinajstić information content (AvgIpc) is 2.56. The zero-order valence-corrected chi connectivity index (χ0v) is 15.4. The van der Waals surface area contributed by atoms with E-state index < -0.39 is 5.97 Å². The van der Waals surface area contributed by atoms with E-state index in [2.05, 4.69) is 5.32 Å². The Morgan fingerprint density at radius 3 is 2.12 bits per heavy atom. The monoisotopic (exact) mass is 349 g/mol. The Labute approximate surface area is 148 Å². The van der Waals surface area contributed by atoms with Gasteiger partial charge in [-0.25, -0.2) is 4.79 Å². The summed E-state index contributed by atoms with van der Waals surface area (Å²) in [6.07, 6.45) is 0. The number of anilines is 1. The third kappa shape index (κ3) is 6.93. The van der Waals surface area contributed by atoms with Crippen LogP contribution in [0.3, 0.4) is 0 Å². The lowest BCUT2D eigenvalue weighted by Crippen LogP contribution is -2.41. The molecular weight excluding hydrogens is 322 g/mol. The lowest BCUT2D eigenvalue weighted by Gasteiger charge is -2.22. The Hall–Kier alpha value is -2.41. The summed E-state index contributed by atoms with van der Waals surface area (Å²) < 4.78 is 4.91. The third-order valence-corrected chi connectivity index (χ3v) is 3.61. The molecule has 0 aliphatic heterocycles. The fourth-order valence-electron chi connectivity index (χ4n) is 2.31. The number of carbonyl (C=O) groups excluding carboxylic acids is 3. The molecule has 0 aromatic heterocycles. The van der Waals surface area contributed by atoms with Crippen molar-refractivity contribution in [1.82, 2.24) is 9.80 Å². The highest BCUT2D eigenvalue weighted by molar-refractivity contribution is 5.94. The molecule has 0 radical (unpaired) electrons. The summed E-state index contributed by atoms with van der Waals surface area (Å²) in [6.45, 7) is 7.51. The molecule has 0 spiro atoms. The van der Waals surface area contributed by atoms with E-state index in [1.54, 1.807) is 48.0 Å². The summed E-state index contributed by atoms with van der Waals surface area (Å²) in [5.74, 6) is -0.618. The van der Waals surface area contributed by atoms with Gasteiger partial charge in [-0.1, -0.05) is 0 Å². The van der Waals surface area contributed by atoms with Crippen LogP contribution in [0.5, 0.6) is 0 Å². The Bertz CT molecular complexity index is 582. The van der Waals surface area contributed by atoms with Crippen LogP contribution >= 0.6 is 0 Å². The van der Waals surface area contributed by atoms with Crippen LogP contribution in [0, 0.1) is 0 Å². The van der Waals surface area contributed by atoms with Crippen molar-refractivity contribution in [2.45, 2.75) is 20.8 Å². The second kappa shape index (κ2) is 10.5. The zero-order valence-electron chi connectivity index (χ0n) is 15.4. The van der Waals surface area contributed by atoms with Gasteiger partial charge in [0.1, 0.15) is 0 Å². The molecule has 2 amide bonds. The quantitative estimate of drug-likeness (QED) is 0.685. The minimum Gasteiger partial charge on any atom is -0.462 e. The van der Waals surface area contributed by atoms with Gasteiger partial charge in [0, 0.05) is 18.8 Å². The summed E-state index contributed by atoms with van der Waals surface area (Å²) in [5.41, 5.74) is 1.02. The molecule has 1 aromatic rings. The minimum absolute atomic E-state index is 0.000843. The minimum atomic E-state index is -0.393. The summed E-state index contributed by atoms with van der Waals surface area (Å²) in [5, 5.41) is 2.74. The van der Waals surface area contributed by atoms with Crippen molar-refractivity contribution in [2.75, 3.05) is 45.2 Å². The van der Waals surface area contributed by atoms with E-state index in [0.29, 0.717) is 30.9 Å². The summed E-state index contributed by atoms with van der Waals surface area (Å²) in [6, 6.07) is 6.48. The first kappa shape index (κ1) is 20.6. The van der Waals surface area contributed by atoms with E-state index in [0.717, 1.165) is 0 Å². The normalized spacial score (nSPS) is 10.4. The molecule has 0 aliphatic carbocycles. The van der Waals surface area contributed by atoms with Crippen LogP contribution in [0.4, 0.5) is 5.69 Å². The SMILES string of the molecule is CCOC(=O)c1ccc(NC(=O)CN(C)CC(=O)N(CC)CC)cc1. The number of likely N-dealkylation sites (N-methyl/N-ethyl adjacent to an activating group) is 2. The lowest BCUT2D eigenvalue weighted by molar-refractivity contribution is -0.132. The third-order valence-electron chi connectivity index (χ3n) is 3.61. The molecule has 138 valence electrons. The number of carbonyl (C=O) groups is 3. The Morgan fingerprint density at radius 1 is 1.00 bits per heavy atom. The first-order valence-electron chi connectivity index (χ1n) is 8.44. The van der Waals surface area contributed by atoms with Gasteiger partial charge in [0.05, 0.1) is 25.3 Å². The van der Waals surface area contributed by atoms with Crippen molar-refractivity contribution >= 4 is 23.5 Å². The fraction of sp³-hybridized carbons (Fsp3) is 0.500. The van der Waals surface area contributed by atoms with Crippen molar-refractivity contribution < 1.29 is 19.1 Å². The Kier molecular flexibility index (Phi) is 8.63. The molecule has 0 heterocycles. The standard InChI is InChI=1S/C18H27N3O4/c1-5-21(6-2)17(23)13-20(4)12-16(22)19-15-10-8-14(9-11-15)18(24)25-7-3/h8-11H,5-7,12-13H2,1-4H3,(H,19,22). The molecule has 1 N–H and O–H groups in total. The molecule has 0 atom stereocenters. The second-order valence-corrected chi connectivity index (χ2v) is 5.58. The first-order valence-corrected chi connectivity index (χ1v) is 8.44. The topological polar surface area (TPSA) is 79.0 Å². The molecule has 0 aliphatic rings. The van der Waals surface area contributed by atoms with Crippen LogP contribution in [-0.4, -0.2) is 67.4 Å². The first-order chi connectivity index (χ1) is 11.9. The van der Waals surface area contributed by atoms with Gasteiger partial charge in [-0.15, -0.1) is 0 Å². The number of nitrogens with zero attached hydrogens (tertiary/aromatic N) is 2. The fourth-order valence-corrected chi connectivity index (χ4v) is 2.31. The van der Waals surface area contributed by atoms with E-state index >= 15 is 0 Å². The van der Waals surface area contributed by atoms with Crippen LogP contribution in [0.2, 0.25) is 0 Å². The van der Waals surface area contributed by atoms with Crippen LogP contribution in [0.1, 0.15) is 31.1 Å². The van der Waals surface area contributed by atoms with E-state index in [4.69, 9.17) is 4.74 Å². The van der Waals surface area contributed by atoms with Gasteiger partial charge in [-0.05, 0) is 52.1 Å². The molecule has 0 saturated heterocycles. The van der Waals surface area contributed by atoms with E-state index in [-0.39, 0.29) is 24.9 Å². The van der Waals surface area contributed by atoms with Crippen molar-refractivity contribution in [3.63, 3.8) is 0 Å². The highest BCUT2D eigenvalue weighted by Crippen LogP contribution is 2.10. The Morgan fingerprint density at radius 2 is 1.60 bits per heavy atom. The summed E-state index contributed by atoms with van der Waals surface area (Å²) >= 11 is 0. The van der Waals surface area contributed by atoms with Crippen LogP contribution in [-0.2, 0) is 14.3 Å². The predicted octanol–water partition coefficient (Wildman–Crippen LogP) is 1.60. The van der Waals surface area contributed by atoms with Gasteiger partial charge in [0.15, 0.2) is 0 Å². The maximum atomic E-state index is 12.1. The van der Waals surface area contributed by atoms with E-state index in [9.17, 15) is 14.4 Å². The van der Waals surface area contributed by atoms with E-state index in [1.807, 2.05) is 13.8 Å². The number of hydrogen-bond acceptors (Lipinski definition) is 5. The van der Waals surface area contributed by atoms with Crippen LogP contribution in [0.15, 0.2) is 24.3 Å². The second-order valence-electron chi connectivity index (χ2n) is 5.58. The highest BCUT2D eigenvalue weighted by atomic mass is 16.5. The van der Waals surface area contributed by atoms with Crippen molar-refractivity contribution in [1.29, 1.82) is 0 Å². The van der Waals surface area contributed by atoms with Gasteiger partial charge in [0.25, 0.3) is 0 Å². The van der Waals surface area contributed by atoms with Gasteiger partial charge in [-0.2, -0.15) is 0 Å². The van der Waals surface area contributed by atoms with Crippen LogP contribution < -0.4 is 5.32 Å². The zero-order chi connectivity index (χ0) is 18.8. The number of amides is 2. The molecule has 7 nitrogen and oxygen atoms in total. The largest absolute Gasteiger partial charge is 0.462 e. The molecule has 0 saturated carbocycles. The van der Waals surface area contributed by atoms with Gasteiger partial charge < -0.3 is 15.0 Å². The number of nitrogens with one attached hydrogen (secondary N) is 1. The number of esters is 1. The van der Waals surface area contributed by atoms with E-state index in [1.165, 1.54) is 0 Å². The number of ether oxygens (including phenoxy) is 1. The smallest absolute Gasteiger partial charge is 0.338 e. The lowest BCUT2D eigenvalue weighted by atomic mass is 10.2. The highest BCUT2D eigenvalue weighted by Gasteiger charge is 2.15. The van der Waals surface area contributed by atoms with Crippen molar-refractivity contribution in [3.8, 4) is 0 Å². The molecule has 0 fully saturated rings. The predicted molar refractivity (Wildman–Crippen MR) is 96.5 cm³/mol. The maximum absolute atomic E-state index is 12.1. The van der Waals surface area contributed by atoms with Gasteiger partial charge in [0.2, 0.25) is 11.8 Å². The molecule has 0 bridgehead atoms. The number of hydrogen-bond donors (Lipinski definition) is 1.